The Balaban J connectivity index is 1.75. The lowest BCUT2D eigenvalue weighted by molar-refractivity contribution is 0.0963. The Labute approximate surface area is 156 Å². The fraction of sp³-hybridized carbons (Fsp3) is 0.579. The molecule has 144 valence electrons. The number of carbonyl (C=O) groups excluding carboxylic acids is 1. The van der Waals surface area contributed by atoms with E-state index >= 15 is 0 Å². The van der Waals surface area contributed by atoms with E-state index in [0.29, 0.717) is 32.2 Å². The second-order valence-electron chi connectivity index (χ2n) is 6.63. The van der Waals surface area contributed by atoms with Crippen molar-refractivity contribution in [2.45, 2.75) is 38.8 Å². The Morgan fingerprint density at radius 2 is 2.04 bits per heavy atom. The Hall–Kier alpha value is -2.44. The third-order valence-electron chi connectivity index (χ3n) is 4.72. The zero-order valence-electron chi connectivity index (χ0n) is 16.0. The number of para-hydroxylation sites is 1. The van der Waals surface area contributed by atoms with Gasteiger partial charge in [-0.15, -0.1) is 0 Å². The molecule has 0 aliphatic carbocycles. The Bertz CT molecular complexity index is 585. The van der Waals surface area contributed by atoms with E-state index in [-0.39, 0.29) is 18.2 Å². The Kier molecular flexibility index (Phi) is 7.56. The van der Waals surface area contributed by atoms with Crippen LogP contribution in [0.5, 0.6) is 0 Å². The largest absolute Gasteiger partial charge is 0.450 e. The summed E-state index contributed by atoms with van der Waals surface area (Å²) in [6, 6.07) is 10.7. The molecule has 7 heteroatoms. The summed E-state index contributed by atoms with van der Waals surface area (Å²) in [6.07, 6.45) is 1.45. The number of benzene rings is 1. The van der Waals surface area contributed by atoms with Crippen LogP contribution in [0.4, 0.5) is 10.5 Å². The third kappa shape index (κ3) is 5.82. The number of hydrogen-bond donors (Lipinski definition) is 2. The van der Waals surface area contributed by atoms with Gasteiger partial charge in [-0.2, -0.15) is 0 Å². The SMILES string of the molecule is CCOC(=O)N1CCC(NC(N)=NCC(C)N(C)c2ccccc2)CC1. The second kappa shape index (κ2) is 9.89. The number of nitrogens with two attached hydrogens (primary N) is 1. The molecule has 1 amide bonds. The molecule has 26 heavy (non-hydrogen) atoms. The maximum absolute atomic E-state index is 11.7. The fourth-order valence-corrected chi connectivity index (χ4v) is 2.95. The van der Waals surface area contributed by atoms with Gasteiger partial charge in [0.2, 0.25) is 0 Å². The van der Waals surface area contributed by atoms with Crippen LogP contribution in [0, 0.1) is 0 Å². The minimum absolute atomic E-state index is 0.231. The molecule has 1 aliphatic heterocycles. The van der Waals surface area contributed by atoms with Crippen LogP contribution < -0.4 is 16.0 Å². The number of anilines is 1. The molecule has 1 atom stereocenters. The summed E-state index contributed by atoms with van der Waals surface area (Å²) in [5, 5.41) is 3.27. The van der Waals surface area contributed by atoms with E-state index in [2.05, 4.69) is 41.3 Å². The van der Waals surface area contributed by atoms with E-state index in [4.69, 9.17) is 10.5 Å². The highest BCUT2D eigenvalue weighted by molar-refractivity contribution is 5.78. The molecule has 0 aromatic heterocycles. The molecule has 7 nitrogen and oxygen atoms in total. The van der Waals surface area contributed by atoms with Gasteiger partial charge >= 0.3 is 6.09 Å². The van der Waals surface area contributed by atoms with Gasteiger partial charge < -0.3 is 25.6 Å². The summed E-state index contributed by atoms with van der Waals surface area (Å²) in [4.78, 5) is 20.1. The maximum Gasteiger partial charge on any atom is 0.409 e. The van der Waals surface area contributed by atoms with E-state index in [1.807, 2.05) is 25.1 Å². The molecule has 0 radical (unpaired) electrons. The third-order valence-corrected chi connectivity index (χ3v) is 4.72. The Morgan fingerprint density at radius 1 is 1.38 bits per heavy atom. The lowest BCUT2D eigenvalue weighted by atomic mass is 10.1. The summed E-state index contributed by atoms with van der Waals surface area (Å²) in [5.41, 5.74) is 7.21. The first-order valence-electron chi connectivity index (χ1n) is 9.27. The molecule has 1 aliphatic rings. The zero-order valence-corrected chi connectivity index (χ0v) is 16.0. The van der Waals surface area contributed by atoms with Crippen LogP contribution in [0.2, 0.25) is 0 Å². The van der Waals surface area contributed by atoms with Gasteiger partial charge in [-0.1, -0.05) is 18.2 Å². The number of nitrogens with zero attached hydrogens (tertiary/aromatic N) is 3. The zero-order chi connectivity index (χ0) is 18.9. The lowest BCUT2D eigenvalue weighted by Crippen LogP contribution is -2.48. The second-order valence-corrected chi connectivity index (χ2v) is 6.63. The minimum Gasteiger partial charge on any atom is -0.450 e. The van der Waals surface area contributed by atoms with Crippen molar-refractivity contribution in [1.82, 2.24) is 10.2 Å². The lowest BCUT2D eigenvalue weighted by Gasteiger charge is -2.32. The number of nitrogens with one attached hydrogen (secondary N) is 1. The van der Waals surface area contributed by atoms with Gasteiger partial charge in [0.15, 0.2) is 5.96 Å². The van der Waals surface area contributed by atoms with E-state index in [9.17, 15) is 4.79 Å². The molecule has 1 unspecified atom stereocenters. The van der Waals surface area contributed by atoms with Crippen molar-refractivity contribution in [1.29, 1.82) is 0 Å². The number of ether oxygens (including phenoxy) is 1. The highest BCUT2D eigenvalue weighted by Crippen LogP contribution is 2.14. The normalized spacial score (nSPS) is 16.9. The number of aliphatic imine (C=N–C) groups is 1. The number of guanidine groups is 1. The van der Waals surface area contributed by atoms with Gasteiger partial charge in [0.05, 0.1) is 13.2 Å². The van der Waals surface area contributed by atoms with Gasteiger partial charge in [0.1, 0.15) is 0 Å². The molecule has 0 saturated carbocycles. The smallest absolute Gasteiger partial charge is 0.409 e. The van der Waals surface area contributed by atoms with E-state index in [1.54, 1.807) is 4.90 Å². The molecule has 1 heterocycles. The number of rotatable bonds is 6. The van der Waals surface area contributed by atoms with Gasteiger partial charge in [0, 0.05) is 37.9 Å². The number of amides is 1. The van der Waals surface area contributed by atoms with E-state index in [0.717, 1.165) is 18.5 Å². The maximum atomic E-state index is 11.7. The summed E-state index contributed by atoms with van der Waals surface area (Å²) < 4.78 is 5.03. The number of carbonyl (C=O) groups is 1. The minimum atomic E-state index is -0.231. The number of piperidine rings is 1. The average Bonchev–Trinajstić information content (AvgIpc) is 2.67. The van der Waals surface area contributed by atoms with Crippen molar-refractivity contribution >= 4 is 17.7 Å². The van der Waals surface area contributed by atoms with Crippen molar-refractivity contribution in [3.8, 4) is 0 Å². The van der Waals surface area contributed by atoms with Crippen LogP contribution >= 0.6 is 0 Å². The molecule has 1 aromatic rings. The fourth-order valence-electron chi connectivity index (χ4n) is 2.95. The monoisotopic (exact) mass is 361 g/mol. The molecule has 0 bridgehead atoms. The molecule has 1 aromatic carbocycles. The molecule has 1 fully saturated rings. The van der Waals surface area contributed by atoms with Crippen molar-refractivity contribution in [3.05, 3.63) is 30.3 Å². The van der Waals surface area contributed by atoms with E-state index < -0.39 is 0 Å². The first-order valence-corrected chi connectivity index (χ1v) is 9.27. The van der Waals surface area contributed by atoms with Crippen LogP contribution in [0.3, 0.4) is 0 Å². The highest BCUT2D eigenvalue weighted by Gasteiger charge is 2.23. The molecule has 1 saturated heterocycles. The first kappa shape index (κ1) is 19.9. The van der Waals surface area contributed by atoms with Crippen LogP contribution in [-0.4, -0.2) is 62.3 Å². The quantitative estimate of drug-likeness (QED) is 0.598. The topological polar surface area (TPSA) is 83.2 Å². The van der Waals surface area contributed by atoms with Crippen molar-refractivity contribution in [2.24, 2.45) is 10.7 Å². The molecular weight excluding hydrogens is 330 g/mol. The van der Waals surface area contributed by atoms with Gasteiger partial charge in [-0.05, 0) is 38.8 Å². The molecule has 0 spiro atoms. The predicted molar refractivity (Wildman–Crippen MR) is 106 cm³/mol. The number of likely N-dealkylation sites (tertiary alicyclic amines) is 1. The summed E-state index contributed by atoms with van der Waals surface area (Å²) >= 11 is 0. The van der Waals surface area contributed by atoms with Gasteiger partial charge in [-0.3, -0.25) is 4.99 Å². The summed E-state index contributed by atoms with van der Waals surface area (Å²) in [5.74, 6) is 0.466. The first-order chi connectivity index (χ1) is 12.5. The predicted octanol–water partition coefficient (Wildman–Crippen LogP) is 2.04. The van der Waals surface area contributed by atoms with Crippen molar-refractivity contribution in [3.63, 3.8) is 0 Å². The van der Waals surface area contributed by atoms with Crippen LogP contribution in [0.15, 0.2) is 35.3 Å². The van der Waals surface area contributed by atoms with Gasteiger partial charge in [-0.25, -0.2) is 4.79 Å². The summed E-state index contributed by atoms with van der Waals surface area (Å²) in [7, 11) is 2.06. The van der Waals surface area contributed by atoms with Crippen LogP contribution in [0.25, 0.3) is 0 Å². The summed E-state index contributed by atoms with van der Waals surface area (Å²) in [6.45, 7) is 6.33. The van der Waals surface area contributed by atoms with Crippen molar-refractivity contribution in [2.75, 3.05) is 38.2 Å². The number of likely N-dealkylation sites (N-methyl/N-ethyl adjacent to an activating group) is 1. The van der Waals surface area contributed by atoms with Gasteiger partial charge in [0.25, 0.3) is 0 Å². The molecule has 3 N–H and O–H groups in total. The average molecular weight is 361 g/mol. The molecular formula is C19H31N5O2. The standard InChI is InChI=1S/C19H31N5O2/c1-4-26-19(25)24-12-10-16(11-13-24)22-18(20)21-14-15(2)23(3)17-8-6-5-7-9-17/h5-9,15-16H,4,10-14H2,1-3H3,(H3,20,21,22). The number of hydrogen-bond acceptors (Lipinski definition) is 4. The Morgan fingerprint density at radius 3 is 2.65 bits per heavy atom. The van der Waals surface area contributed by atoms with E-state index in [1.165, 1.54) is 0 Å². The molecule has 2 rings (SSSR count). The van der Waals surface area contributed by atoms with Crippen LogP contribution in [0.1, 0.15) is 26.7 Å². The van der Waals surface area contributed by atoms with Crippen LogP contribution in [-0.2, 0) is 4.74 Å². The van der Waals surface area contributed by atoms with Crippen molar-refractivity contribution < 1.29 is 9.53 Å². The highest BCUT2D eigenvalue weighted by atomic mass is 16.6.